The summed E-state index contributed by atoms with van der Waals surface area (Å²) in [6.07, 6.45) is 0. The fourth-order valence-corrected chi connectivity index (χ4v) is 3.19. The Kier molecular flexibility index (Phi) is 5.17. The molecule has 0 saturated heterocycles. The number of halogens is 1. The molecule has 0 fully saturated rings. The third-order valence-electron chi connectivity index (χ3n) is 2.51. The Morgan fingerprint density at radius 3 is 2.50 bits per heavy atom. The highest BCUT2D eigenvalue weighted by molar-refractivity contribution is 9.10. The zero-order valence-electron chi connectivity index (χ0n) is 10.6. The summed E-state index contributed by atoms with van der Waals surface area (Å²) in [7, 11) is -3.50. The predicted octanol–water partition coefficient (Wildman–Crippen LogP) is 2.81. The first-order valence-electron chi connectivity index (χ1n) is 6.01. The van der Waals surface area contributed by atoms with Gasteiger partial charge in [0.05, 0.1) is 4.90 Å². The minimum absolute atomic E-state index is 0.212. The van der Waals surface area contributed by atoms with Crippen LogP contribution >= 0.6 is 15.9 Å². The van der Waals surface area contributed by atoms with Crippen LogP contribution in [0.15, 0.2) is 64.0 Å². The fraction of sp³-hybridized carbons (Fsp3) is 0.143. The van der Waals surface area contributed by atoms with Crippen LogP contribution in [-0.4, -0.2) is 21.6 Å². The van der Waals surface area contributed by atoms with Gasteiger partial charge >= 0.3 is 0 Å². The molecule has 6 heteroatoms. The maximum Gasteiger partial charge on any atom is 0.240 e. The van der Waals surface area contributed by atoms with E-state index in [4.69, 9.17) is 4.74 Å². The van der Waals surface area contributed by atoms with E-state index < -0.39 is 10.0 Å². The van der Waals surface area contributed by atoms with E-state index in [-0.39, 0.29) is 18.0 Å². The van der Waals surface area contributed by atoms with Gasteiger partial charge in [0.1, 0.15) is 12.4 Å². The highest BCUT2D eigenvalue weighted by Crippen LogP contribution is 2.15. The van der Waals surface area contributed by atoms with Crippen LogP contribution in [0.2, 0.25) is 0 Å². The van der Waals surface area contributed by atoms with Gasteiger partial charge in [-0.05, 0) is 30.3 Å². The number of hydrogen-bond donors (Lipinski definition) is 1. The Bertz CT molecular complexity index is 659. The molecule has 0 atom stereocenters. The molecule has 0 unspecified atom stereocenters. The number of sulfonamides is 1. The van der Waals surface area contributed by atoms with Gasteiger partial charge < -0.3 is 4.74 Å². The summed E-state index contributed by atoms with van der Waals surface area (Å²) in [6, 6.07) is 15.8. The van der Waals surface area contributed by atoms with Crippen LogP contribution < -0.4 is 9.46 Å². The van der Waals surface area contributed by atoms with E-state index >= 15 is 0 Å². The van der Waals surface area contributed by atoms with Crippen molar-refractivity contribution in [3.63, 3.8) is 0 Å². The van der Waals surface area contributed by atoms with Gasteiger partial charge in [0, 0.05) is 11.0 Å². The average Bonchev–Trinajstić information content (AvgIpc) is 2.45. The Hall–Kier alpha value is -1.37. The first-order chi connectivity index (χ1) is 9.58. The number of nitrogens with one attached hydrogen (secondary N) is 1. The Labute approximate surface area is 127 Å². The lowest BCUT2D eigenvalue weighted by molar-refractivity contribution is 0.323. The quantitative estimate of drug-likeness (QED) is 0.810. The Morgan fingerprint density at radius 1 is 1.05 bits per heavy atom. The molecular formula is C14H14BrNO3S. The molecule has 0 heterocycles. The molecule has 4 nitrogen and oxygen atoms in total. The Balaban J connectivity index is 1.87. The molecule has 20 heavy (non-hydrogen) atoms. The first kappa shape index (κ1) is 15.0. The summed E-state index contributed by atoms with van der Waals surface area (Å²) < 4.78 is 32.7. The standard InChI is InChI=1S/C14H14BrNO3S/c15-12-5-4-8-14(11-12)20(17,18)16-9-10-19-13-6-2-1-3-7-13/h1-8,11,16H,9-10H2. The normalized spacial score (nSPS) is 11.2. The van der Waals surface area contributed by atoms with Crippen molar-refractivity contribution in [3.05, 3.63) is 59.1 Å². The maximum absolute atomic E-state index is 12.0. The molecule has 0 saturated carbocycles. The third-order valence-corrected chi connectivity index (χ3v) is 4.46. The largest absolute Gasteiger partial charge is 0.492 e. The van der Waals surface area contributed by atoms with Crippen LogP contribution in [0.5, 0.6) is 5.75 Å². The van der Waals surface area contributed by atoms with Crippen molar-refractivity contribution in [2.75, 3.05) is 13.2 Å². The minimum atomic E-state index is -3.50. The SMILES string of the molecule is O=S(=O)(NCCOc1ccccc1)c1cccc(Br)c1. The molecule has 0 aliphatic carbocycles. The van der Waals surface area contributed by atoms with E-state index in [2.05, 4.69) is 20.7 Å². The van der Waals surface area contributed by atoms with E-state index in [1.807, 2.05) is 30.3 Å². The average molecular weight is 356 g/mol. The second-order valence-corrected chi connectivity index (χ2v) is 6.70. The summed E-state index contributed by atoms with van der Waals surface area (Å²) >= 11 is 3.25. The van der Waals surface area contributed by atoms with Gasteiger partial charge in [-0.2, -0.15) is 0 Å². The van der Waals surface area contributed by atoms with Gasteiger partial charge in [0.15, 0.2) is 0 Å². The highest BCUT2D eigenvalue weighted by atomic mass is 79.9. The molecular weight excluding hydrogens is 342 g/mol. The van der Waals surface area contributed by atoms with Crippen molar-refractivity contribution in [2.45, 2.75) is 4.90 Å². The van der Waals surface area contributed by atoms with Crippen molar-refractivity contribution in [3.8, 4) is 5.75 Å². The van der Waals surface area contributed by atoms with Crippen LogP contribution in [0, 0.1) is 0 Å². The number of ether oxygens (including phenoxy) is 1. The molecule has 2 aromatic rings. The monoisotopic (exact) mass is 355 g/mol. The van der Waals surface area contributed by atoms with Crippen LogP contribution in [0.4, 0.5) is 0 Å². The third kappa shape index (κ3) is 4.33. The highest BCUT2D eigenvalue weighted by Gasteiger charge is 2.13. The van der Waals surface area contributed by atoms with Gasteiger partial charge in [-0.25, -0.2) is 13.1 Å². The van der Waals surface area contributed by atoms with E-state index in [1.54, 1.807) is 24.3 Å². The van der Waals surface area contributed by atoms with Gasteiger partial charge in [-0.15, -0.1) is 0 Å². The molecule has 2 rings (SSSR count). The molecule has 0 aliphatic rings. The molecule has 0 radical (unpaired) electrons. The van der Waals surface area contributed by atoms with Crippen LogP contribution in [0.25, 0.3) is 0 Å². The summed E-state index contributed by atoms with van der Waals surface area (Å²) in [5.74, 6) is 0.717. The van der Waals surface area contributed by atoms with Crippen LogP contribution in [-0.2, 0) is 10.0 Å². The molecule has 0 spiro atoms. The van der Waals surface area contributed by atoms with E-state index in [9.17, 15) is 8.42 Å². The summed E-state index contributed by atoms with van der Waals surface area (Å²) in [5.41, 5.74) is 0. The first-order valence-corrected chi connectivity index (χ1v) is 8.29. The molecule has 0 aliphatic heterocycles. The molecule has 1 N–H and O–H groups in total. The summed E-state index contributed by atoms with van der Waals surface area (Å²) in [4.78, 5) is 0.228. The molecule has 2 aromatic carbocycles. The second kappa shape index (κ2) is 6.88. The maximum atomic E-state index is 12.0. The van der Waals surface area contributed by atoms with E-state index in [1.165, 1.54) is 0 Å². The number of rotatable bonds is 6. The van der Waals surface area contributed by atoms with Crippen molar-refractivity contribution in [2.24, 2.45) is 0 Å². The molecule has 0 bridgehead atoms. The second-order valence-electron chi connectivity index (χ2n) is 4.02. The number of para-hydroxylation sites is 1. The lowest BCUT2D eigenvalue weighted by Gasteiger charge is -2.08. The van der Waals surface area contributed by atoms with Crippen LogP contribution in [0.1, 0.15) is 0 Å². The fourth-order valence-electron chi connectivity index (χ4n) is 1.58. The topological polar surface area (TPSA) is 55.4 Å². The van der Waals surface area contributed by atoms with Gasteiger partial charge in [-0.3, -0.25) is 0 Å². The van der Waals surface area contributed by atoms with Crippen molar-refractivity contribution < 1.29 is 13.2 Å². The van der Waals surface area contributed by atoms with Crippen molar-refractivity contribution >= 4 is 26.0 Å². The van der Waals surface area contributed by atoms with Crippen molar-refractivity contribution in [1.82, 2.24) is 4.72 Å². The van der Waals surface area contributed by atoms with Gasteiger partial charge in [0.25, 0.3) is 0 Å². The van der Waals surface area contributed by atoms with Gasteiger partial charge in [0.2, 0.25) is 10.0 Å². The number of hydrogen-bond acceptors (Lipinski definition) is 3. The smallest absolute Gasteiger partial charge is 0.240 e. The van der Waals surface area contributed by atoms with E-state index in [0.717, 1.165) is 4.47 Å². The van der Waals surface area contributed by atoms with Crippen molar-refractivity contribution in [1.29, 1.82) is 0 Å². The Morgan fingerprint density at radius 2 is 1.80 bits per heavy atom. The lowest BCUT2D eigenvalue weighted by atomic mass is 10.3. The summed E-state index contributed by atoms with van der Waals surface area (Å²) in [6.45, 7) is 0.487. The number of benzene rings is 2. The molecule has 0 amide bonds. The zero-order chi connectivity index (χ0) is 14.4. The predicted molar refractivity (Wildman–Crippen MR) is 81.3 cm³/mol. The molecule has 0 aromatic heterocycles. The minimum Gasteiger partial charge on any atom is -0.492 e. The zero-order valence-corrected chi connectivity index (χ0v) is 13.0. The summed E-state index contributed by atoms with van der Waals surface area (Å²) in [5, 5.41) is 0. The lowest BCUT2D eigenvalue weighted by Crippen LogP contribution is -2.28. The van der Waals surface area contributed by atoms with Gasteiger partial charge in [-0.1, -0.05) is 40.2 Å². The van der Waals surface area contributed by atoms with Crippen LogP contribution in [0.3, 0.4) is 0 Å². The van der Waals surface area contributed by atoms with E-state index in [0.29, 0.717) is 5.75 Å². The molecule has 106 valence electrons.